The maximum Gasteiger partial charge on any atom is 0.303 e. The van der Waals surface area contributed by atoms with E-state index in [0.717, 1.165) is 25.7 Å². The van der Waals surface area contributed by atoms with Crippen molar-refractivity contribution in [3.05, 3.63) is 22.5 Å². The second kappa shape index (κ2) is 23.1. The van der Waals surface area contributed by atoms with Crippen LogP contribution < -0.4 is 5.32 Å². The SMILES string of the molecule is CC1=C(CCCCCCCCCCCCC(=O)O)CC(CCCCCCCCCCCCC(=O)O)=C(C)N1. The minimum Gasteiger partial charge on any atom is -0.481 e. The van der Waals surface area contributed by atoms with E-state index < -0.39 is 11.9 Å². The van der Waals surface area contributed by atoms with Gasteiger partial charge in [-0.2, -0.15) is 0 Å². The summed E-state index contributed by atoms with van der Waals surface area (Å²) in [6.45, 7) is 4.50. The van der Waals surface area contributed by atoms with Crippen molar-refractivity contribution in [3.63, 3.8) is 0 Å². The quantitative estimate of drug-likeness (QED) is 0.0963. The maximum absolute atomic E-state index is 10.5. The molecule has 1 aliphatic rings. The lowest BCUT2D eigenvalue weighted by Gasteiger charge is -2.25. The van der Waals surface area contributed by atoms with Crippen LogP contribution in [0.4, 0.5) is 0 Å². The van der Waals surface area contributed by atoms with Crippen LogP contribution in [0.15, 0.2) is 22.5 Å². The van der Waals surface area contributed by atoms with Gasteiger partial charge in [0.05, 0.1) is 0 Å². The Hall–Kier alpha value is -1.78. The van der Waals surface area contributed by atoms with Gasteiger partial charge < -0.3 is 15.5 Å². The van der Waals surface area contributed by atoms with Crippen molar-refractivity contribution in [3.8, 4) is 0 Å². The van der Waals surface area contributed by atoms with Gasteiger partial charge in [-0.25, -0.2) is 0 Å². The summed E-state index contributed by atoms with van der Waals surface area (Å²) < 4.78 is 0. The predicted molar refractivity (Wildman–Crippen MR) is 159 cm³/mol. The lowest BCUT2D eigenvalue weighted by molar-refractivity contribution is -0.138. The molecular weight excluding hydrogens is 474 g/mol. The van der Waals surface area contributed by atoms with Gasteiger partial charge in [0, 0.05) is 24.2 Å². The first-order chi connectivity index (χ1) is 18.4. The molecule has 0 aromatic rings. The third kappa shape index (κ3) is 19.3. The highest BCUT2D eigenvalue weighted by atomic mass is 16.4. The maximum atomic E-state index is 10.5. The Morgan fingerprint density at radius 3 is 1.05 bits per heavy atom. The van der Waals surface area contributed by atoms with Crippen LogP contribution in [-0.2, 0) is 9.59 Å². The fourth-order valence-corrected chi connectivity index (χ4v) is 5.59. The Morgan fingerprint density at radius 1 is 0.500 bits per heavy atom. The van der Waals surface area contributed by atoms with E-state index >= 15 is 0 Å². The van der Waals surface area contributed by atoms with Gasteiger partial charge in [0.1, 0.15) is 0 Å². The number of hydrogen-bond donors (Lipinski definition) is 3. The molecule has 1 heterocycles. The summed E-state index contributed by atoms with van der Waals surface area (Å²) in [7, 11) is 0. The number of carboxylic acids is 2. The molecule has 0 aromatic carbocycles. The van der Waals surface area contributed by atoms with Crippen molar-refractivity contribution in [2.24, 2.45) is 0 Å². The normalized spacial score (nSPS) is 13.7. The molecule has 0 radical (unpaired) electrons. The van der Waals surface area contributed by atoms with Gasteiger partial charge in [-0.05, 0) is 69.9 Å². The third-order valence-corrected chi connectivity index (χ3v) is 8.10. The van der Waals surface area contributed by atoms with Crippen LogP contribution in [0.25, 0.3) is 0 Å². The van der Waals surface area contributed by atoms with Crippen molar-refractivity contribution < 1.29 is 19.8 Å². The highest BCUT2D eigenvalue weighted by molar-refractivity contribution is 5.66. The minimum atomic E-state index is -0.666. The van der Waals surface area contributed by atoms with Crippen molar-refractivity contribution in [1.82, 2.24) is 5.32 Å². The summed E-state index contributed by atoms with van der Waals surface area (Å²) in [5.41, 5.74) is 6.01. The number of carboxylic acid groups (broad SMARTS) is 2. The van der Waals surface area contributed by atoms with Crippen LogP contribution in [0.3, 0.4) is 0 Å². The molecule has 220 valence electrons. The van der Waals surface area contributed by atoms with Crippen LogP contribution in [-0.4, -0.2) is 22.2 Å². The fourth-order valence-electron chi connectivity index (χ4n) is 5.59. The van der Waals surface area contributed by atoms with Gasteiger partial charge in [-0.15, -0.1) is 0 Å². The molecule has 0 aliphatic carbocycles. The molecule has 3 N–H and O–H groups in total. The molecule has 0 aromatic heterocycles. The van der Waals surface area contributed by atoms with Crippen molar-refractivity contribution in [2.45, 2.75) is 174 Å². The molecule has 0 atom stereocenters. The Balaban J connectivity index is 2.00. The number of hydrogen-bond acceptors (Lipinski definition) is 3. The lowest BCUT2D eigenvalue weighted by atomic mass is 9.90. The molecule has 0 unspecified atom stereocenters. The van der Waals surface area contributed by atoms with E-state index in [4.69, 9.17) is 10.2 Å². The topological polar surface area (TPSA) is 86.6 Å². The van der Waals surface area contributed by atoms with Crippen LogP contribution in [0.2, 0.25) is 0 Å². The molecule has 1 aliphatic heterocycles. The van der Waals surface area contributed by atoms with Gasteiger partial charge in [0.15, 0.2) is 0 Å². The van der Waals surface area contributed by atoms with Gasteiger partial charge >= 0.3 is 11.9 Å². The molecule has 1 rings (SSSR count). The summed E-state index contributed by atoms with van der Waals surface area (Å²) in [6.07, 6.45) is 28.8. The molecule has 0 saturated carbocycles. The zero-order chi connectivity index (χ0) is 27.8. The number of dihydropyridines is 1. The molecular formula is C33H59NO4. The molecule has 0 fully saturated rings. The standard InChI is InChI=1S/C33H59NO4/c1-28-30(23-19-15-11-7-3-5-9-13-17-21-25-32(35)36)27-31(29(2)34-28)24-20-16-12-8-4-6-10-14-18-22-26-33(37)38/h34H,3-27H2,1-2H3,(H,35,36)(H,37,38). The van der Waals surface area contributed by atoms with Crippen molar-refractivity contribution >= 4 is 11.9 Å². The van der Waals surface area contributed by atoms with E-state index in [0.29, 0.717) is 12.8 Å². The molecule has 0 spiro atoms. The van der Waals surface area contributed by atoms with E-state index in [9.17, 15) is 9.59 Å². The minimum absolute atomic E-state index is 0.323. The zero-order valence-corrected chi connectivity index (χ0v) is 24.9. The largest absolute Gasteiger partial charge is 0.481 e. The van der Waals surface area contributed by atoms with E-state index in [1.165, 1.54) is 133 Å². The van der Waals surface area contributed by atoms with Gasteiger partial charge in [0.2, 0.25) is 0 Å². The molecule has 0 amide bonds. The Bertz CT molecular complexity index is 652. The van der Waals surface area contributed by atoms with Crippen LogP contribution in [0.5, 0.6) is 0 Å². The summed E-state index contributed by atoms with van der Waals surface area (Å²) in [5.74, 6) is -1.33. The number of aliphatic carboxylic acids is 2. The van der Waals surface area contributed by atoms with Gasteiger partial charge in [0.25, 0.3) is 0 Å². The molecule has 5 nitrogen and oxygen atoms in total. The Kier molecular flexibility index (Phi) is 20.9. The molecule has 0 bridgehead atoms. The van der Waals surface area contributed by atoms with E-state index in [2.05, 4.69) is 19.2 Å². The summed E-state index contributed by atoms with van der Waals surface area (Å²) in [6, 6.07) is 0. The van der Waals surface area contributed by atoms with Crippen LogP contribution >= 0.6 is 0 Å². The number of carbonyl (C=O) groups is 2. The molecule has 0 saturated heterocycles. The number of rotatable bonds is 26. The Morgan fingerprint density at radius 2 is 0.763 bits per heavy atom. The fraction of sp³-hybridized carbons (Fsp3) is 0.818. The van der Waals surface area contributed by atoms with Crippen molar-refractivity contribution in [2.75, 3.05) is 0 Å². The highest BCUT2D eigenvalue weighted by Crippen LogP contribution is 2.30. The van der Waals surface area contributed by atoms with Crippen LogP contribution in [0, 0.1) is 0 Å². The average Bonchev–Trinajstić information content (AvgIpc) is 2.87. The second-order valence-electron chi connectivity index (χ2n) is 11.6. The van der Waals surface area contributed by atoms with Crippen molar-refractivity contribution in [1.29, 1.82) is 0 Å². The first-order valence-electron chi connectivity index (χ1n) is 16.0. The first-order valence-corrected chi connectivity index (χ1v) is 16.0. The predicted octanol–water partition coefficient (Wildman–Crippen LogP) is 10.1. The van der Waals surface area contributed by atoms with E-state index in [1.54, 1.807) is 11.1 Å². The van der Waals surface area contributed by atoms with E-state index in [1.807, 2.05) is 0 Å². The van der Waals surface area contributed by atoms with Crippen LogP contribution in [0.1, 0.15) is 174 Å². The summed E-state index contributed by atoms with van der Waals surface area (Å²) >= 11 is 0. The molecule has 38 heavy (non-hydrogen) atoms. The highest BCUT2D eigenvalue weighted by Gasteiger charge is 2.15. The second-order valence-corrected chi connectivity index (χ2v) is 11.6. The average molecular weight is 534 g/mol. The number of allylic oxidation sites excluding steroid dienone is 4. The van der Waals surface area contributed by atoms with E-state index in [-0.39, 0.29) is 0 Å². The lowest BCUT2D eigenvalue weighted by Crippen LogP contribution is -2.18. The molecule has 5 heteroatoms. The third-order valence-electron chi connectivity index (χ3n) is 8.10. The smallest absolute Gasteiger partial charge is 0.303 e. The summed E-state index contributed by atoms with van der Waals surface area (Å²) in [5, 5.41) is 21.0. The number of nitrogens with one attached hydrogen (secondary N) is 1. The zero-order valence-electron chi connectivity index (χ0n) is 24.9. The summed E-state index contributed by atoms with van der Waals surface area (Å²) in [4.78, 5) is 21.0. The monoisotopic (exact) mass is 533 g/mol. The van der Waals surface area contributed by atoms with Gasteiger partial charge in [-0.3, -0.25) is 9.59 Å². The first kappa shape index (κ1) is 34.2. The van der Waals surface area contributed by atoms with Gasteiger partial charge in [-0.1, -0.05) is 103 Å². The Labute approximate surface area is 233 Å². The number of unbranched alkanes of at least 4 members (excludes halogenated alkanes) is 18.